The maximum Gasteiger partial charge on any atom is 0.240 e. The Morgan fingerprint density at radius 1 is 1.14 bits per heavy atom. The highest BCUT2D eigenvalue weighted by molar-refractivity contribution is 7.89. The largest absolute Gasteiger partial charge is 0.438 e. The maximum atomic E-state index is 12.7. The number of hydrogen-bond acceptors (Lipinski definition) is 6. The van der Waals surface area contributed by atoms with Crippen LogP contribution in [0.3, 0.4) is 0 Å². The number of pyridine rings is 1. The molecule has 1 fully saturated rings. The second kappa shape index (κ2) is 10.6. The lowest BCUT2D eigenvalue weighted by molar-refractivity contribution is -0.0254. The first-order valence-corrected chi connectivity index (χ1v) is 14.2. The summed E-state index contributed by atoms with van der Waals surface area (Å²) in [6.07, 6.45) is 6.34. The van der Waals surface area contributed by atoms with Gasteiger partial charge in [0.2, 0.25) is 15.9 Å². The number of fused-ring (bicyclic) bond motifs is 2. The highest BCUT2D eigenvalue weighted by Gasteiger charge is 2.33. The smallest absolute Gasteiger partial charge is 0.240 e. The second-order valence-electron chi connectivity index (χ2n) is 9.47. The van der Waals surface area contributed by atoms with Crippen molar-refractivity contribution in [2.75, 3.05) is 26.7 Å². The van der Waals surface area contributed by atoms with Gasteiger partial charge in [0.25, 0.3) is 0 Å². The molecule has 1 aromatic heterocycles. The van der Waals surface area contributed by atoms with E-state index in [-0.39, 0.29) is 4.90 Å². The predicted octanol–water partition coefficient (Wildman–Crippen LogP) is 4.75. The minimum absolute atomic E-state index is 0.212. The van der Waals surface area contributed by atoms with Gasteiger partial charge >= 0.3 is 0 Å². The average Bonchev–Trinajstić information content (AvgIpc) is 3.06. The van der Waals surface area contributed by atoms with Crippen molar-refractivity contribution in [1.82, 2.24) is 14.6 Å². The number of likely N-dealkylation sites (tertiary alicyclic amines) is 1. The van der Waals surface area contributed by atoms with Gasteiger partial charge < -0.3 is 14.7 Å². The molecule has 0 spiro atoms. The third-order valence-corrected chi connectivity index (χ3v) is 8.99. The van der Waals surface area contributed by atoms with Crippen LogP contribution < -0.4 is 9.46 Å². The molecule has 9 heteroatoms. The molecule has 0 unspecified atom stereocenters. The fourth-order valence-corrected chi connectivity index (χ4v) is 6.18. The third kappa shape index (κ3) is 5.44. The van der Waals surface area contributed by atoms with Crippen LogP contribution in [0.25, 0.3) is 5.57 Å². The molecule has 0 radical (unpaired) electrons. The van der Waals surface area contributed by atoms with Crippen molar-refractivity contribution in [3.05, 3.63) is 88.6 Å². The fourth-order valence-electron chi connectivity index (χ4n) is 5.08. The van der Waals surface area contributed by atoms with E-state index in [1.54, 1.807) is 24.4 Å². The minimum Gasteiger partial charge on any atom is -0.438 e. The molecule has 2 aromatic carbocycles. The highest BCUT2D eigenvalue weighted by Crippen LogP contribution is 2.40. The molecule has 3 aromatic rings. The van der Waals surface area contributed by atoms with E-state index < -0.39 is 15.6 Å². The lowest BCUT2D eigenvalue weighted by Crippen LogP contribution is -2.42. The van der Waals surface area contributed by atoms with Crippen LogP contribution in [0.15, 0.2) is 71.8 Å². The molecule has 0 aliphatic carbocycles. The number of sulfonamides is 1. The monoisotopic (exact) mass is 539 g/mol. The highest BCUT2D eigenvalue weighted by atomic mass is 35.5. The summed E-state index contributed by atoms with van der Waals surface area (Å²) in [6, 6.07) is 16.3. The van der Waals surface area contributed by atoms with Crippen LogP contribution in [-0.2, 0) is 22.0 Å². The molecule has 0 amide bonds. The van der Waals surface area contributed by atoms with E-state index in [1.165, 1.54) is 7.05 Å². The zero-order valence-corrected chi connectivity index (χ0v) is 22.2. The van der Waals surface area contributed by atoms with Gasteiger partial charge in [-0.05, 0) is 73.8 Å². The summed E-state index contributed by atoms with van der Waals surface area (Å²) in [5.74, 6) is 0.967. The Hall–Kier alpha value is -2.75. The first-order chi connectivity index (χ1) is 17.8. The molecule has 2 N–H and O–H groups in total. The topological polar surface area (TPSA) is 91.8 Å². The molecule has 0 saturated carbocycles. The van der Waals surface area contributed by atoms with Crippen LogP contribution in [0.5, 0.6) is 11.6 Å². The number of hydrogen-bond donors (Lipinski definition) is 2. The van der Waals surface area contributed by atoms with Gasteiger partial charge in [-0.3, -0.25) is 0 Å². The van der Waals surface area contributed by atoms with Crippen LogP contribution in [0.2, 0.25) is 5.02 Å². The number of nitrogens with zero attached hydrogens (tertiary/aromatic N) is 2. The van der Waals surface area contributed by atoms with Crippen molar-refractivity contribution in [3.63, 3.8) is 0 Å². The molecule has 0 atom stereocenters. The van der Waals surface area contributed by atoms with Gasteiger partial charge in [0.15, 0.2) is 0 Å². The van der Waals surface area contributed by atoms with Crippen molar-refractivity contribution in [2.24, 2.45) is 0 Å². The van der Waals surface area contributed by atoms with Gasteiger partial charge in [0, 0.05) is 48.4 Å². The second-order valence-corrected chi connectivity index (χ2v) is 11.8. The van der Waals surface area contributed by atoms with Crippen molar-refractivity contribution in [2.45, 2.75) is 36.2 Å². The number of piperidine rings is 1. The van der Waals surface area contributed by atoms with Crippen molar-refractivity contribution in [1.29, 1.82) is 0 Å². The van der Waals surface area contributed by atoms with Gasteiger partial charge in [0.1, 0.15) is 5.75 Å². The first-order valence-electron chi connectivity index (χ1n) is 12.4. The van der Waals surface area contributed by atoms with E-state index >= 15 is 0 Å². The fraction of sp³-hybridized carbons (Fsp3) is 0.321. The Kier molecular flexibility index (Phi) is 7.38. The van der Waals surface area contributed by atoms with E-state index in [1.807, 2.05) is 36.4 Å². The summed E-state index contributed by atoms with van der Waals surface area (Å²) >= 11 is 6.01. The number of aromatic nitrogens is 1. The number of benzene rings is 2. The Labute approximate surface area is 222 Å². The quantitative estimate of drug-likeness (QED) is 0.470. The summed E-state index contributed by atoms with van der Waals surface area (Å²) in [4.78, 5) is 6.98. The molecule has 37 heavy (non-hydrogen) atoms. The van der Waals surface area contributed by atoms with Gasteiger partial charge in [-0.25, -0.2) is 18.1 Å². The first kappa shape index (κ1) is 25.9. The number of ether oxygens (including phenoxy) is 1. The van der Waals surface area contributed by atoms with Crippen molar-refractivity contribution >= 4 is 27.2 Å². The Morgan fingerprint density at radius 3 is 2.62 bits per heavy atom. The Morgan fingerprint density at radius 2 is 1.89 bits per heavy atom. The molecular formula is C28H30ClN3O4S. The number of aliphatic hydroxyl groups is 1. The van der Waals surface area contributed by atoms with E-state index in [0.717, 1.165) is 42.8 Å². The lowest BCUT2D eigenvalue weighted by atomic mass is 9.84. The van der Waals surface area contributed by atoms with Gasteiger partial charge in [0.05, 0.1) is 10.5 Å². The molecule has 0 bridgehead atoms. The molecule has 2 aliphatic rings. The molecule has 2 aliphatic heterocycles. The Balaban J connectivity index is 1.33. The van der Waals surface area contributed by atoms with Gasteiger partial charge in [-0.15, -0.1) is 0 Å². The summed E-state index contributed by atoms with van der Waals surface area (Å²) in [5.41, 5.74) is 2.54. The van der Waals surface area contributed by atoms with E-state index in [4.69, 9.17) is 16.3 Å². The number of halogens is 1. The zero-order chi connectivity index (χ0) is 26.0. The third-order valence-electron chi connectivity index (χ3n) is 7.24. The molecule has 7 nitrogen and oxygen atoms in total. The molecule has 5 rings (SSSR count). The summed E-state index contributed by atoms with van der Waals surface area (Å²) in [7, 11) is -2.25. The molecule has 3 heterocycles. The maximum absolute atomic E-state index is 12.7. The predicted molar refractivity (Wildman–Crippen MR) is 144 cm³/mol. The molecule has 1 saturated heterocycles. The van der Waals surface area contributed by atoms with Crippen LogP contribution in [0, 0.1) is 0 Å². The van der Waals surface area contributed by atoms with Gasteiger partial charge in [-0.1, -0.05) is 35.9 Å². The minimum atomic E-state index is -3.66. The average molecular weight is 540 g/mol. The zero-order valence-electron chi connectivity index (χ0n) is 20.7. The SMILES string of the molecule is CNS(=O)(=O)c1cccc2c1CC(=CCCN1CCC(O)(c3ccc(Cl)cc3)CC1)c1cccnc1O2. The summed E-state index contributed by atoms with van der Waals surface area (Å²) in [6.45, 7) is 2.41. The van der Waals surface area contributed by atoms with Crippen molar-refractivity contribution < 1.29 is 18.3 Å². The standard InChI is InChI=1S/C28H30ClN3O4S/c1-30-37(34,35)26-8-2-7-25-24(26)19-20(23-6-3-15-31-27(23)36-25)5-4-16-32-17-13-28(33,14-18-32)21-9-11-22(29)12-10-21/h2-3,5-12,15,30,33H,4,13-14,16-19H2,1H3. The lowest BCUT2D eigenvalue weighted by Gasteiger charge is -2.38. The number of allylic oxidation sites excluding steroid dienone is 1. The Bertz CT molecular complexity index is 1420. The van der Waals surface area contributed by atoms with E-state index in [0.29, 0.717) is 41.5 Å². The summed E-state index contributed by atoms with van der Waals surface area (Å²) < 4.78 is 34.0. The van der Waals surface area contributed by atoms with E-state index in [9.17, 15) is 13.5 Å². The summed E-state index contributed by atoms with van der Waals surface area (Å²) in [5, 5.41) is 11.8. The normalized spacial score (nSPS) is 18.5. The van der Waals surface area contributed by atoms with Crippen LogP contribution in [-0.4, -0.2) is 50.1 Å². The van der Waals surface area contributed by atoms with E-state index in [2.05, 4.69) is 20.7 Å². The molecule has 194 valence electrons. The van der Waals surface area contributed by atoms with Crippen LogP contribution in [0.4, 0.5) is 0 Å². The number of nitrogens with one attached hydrogen (secondary N) is 1. The van der Waals surface area contributed by atoms with Crippen LogP contribution >= 0.6 is 11.6 Å². The molecular weight excluding hydrogens is 510 g/mol. The van der Waals surface area contributed by atoms with Gasteiger partial charge in [-0.2, -0.15) is 0 Å². The van der Waals surface area contributed by atoms with Crippen molar-refractivity contribution in [3.8, 4) is 11.6 Å². The van der Waals surface area contributed by atoms with Crippen LogP contribution in [0.1, 0.15) is 36.0 Å². The number of rotatable bonds is 6.